The van der Waals surface area contributed by atoms with Gasteiger partial charge in [0.05, 0.1) is 12.8 Å². The molecule has 4 amide bonds. The number of nitrogens with zero attached hydrogens (tertiary/aromatic N) is 1. The summed E-state index contributed by atoms with van der Waals surface area (Å²) in [6.07, 6.45) is 1.29. The molecule has 0 spiro atoms. The Morgan fingerprint density at radius 2 is 1.46 bits per heavy atom. The SMILES string of the molecule is COc1ccc(N2C(=O)NC(=O)/C(=C\c3ccc(OS(=O)(=O)c4ccc(Cl)cc4)cc3)C2=O)cc1. The number of carbonyl (C=O) groups is 3. The number of anilines is 1. The predicted octanol–water partition coefficient (Wildman–Crippen LogP) is 3.78. The highest BCUT2D eigenvalue weighted by Gasteiger charge is 2.36. The van der Waals surface area contributed by atoms with Gasteiger partial charge < -0.3 is 8.92 Å². The molecule has 35 heavy (non-hydrogen) atoms. The number of hydrogen-bond donors (Lipinski definition) is 1. The molecule has 4 rings (SSSR count). The number of halogens is 1. The largest absolute Gasteiger partial charge is 0.497 e. The minimum absolute atomic E-state index is 0.0246. The van der Waals surface area contributed by atoms with Crippen LogP contribution in [0.1, 0.15) is 5.56 Å². The topological polar surface area (TPSA) is 119 Å². The molecule has 1 aliphatic rings. The third-order valence-electron chi connectivity index (χ3n) is 4.93. The average molecular weight is 513 g/mol. The minimum atomic E-state index is -4.08. The first-order valence-corrected chi connectivity index (χ1v) is 11.8. The van der Waals surface area contributed by atoms with Crippen LogP contribution in [0, 0.1) is 0 Å². The quantitative estimate of drug-likeness (QED) is 0.303. The van der Waals surface area contributed by atoms with Gasteiger partial charge in [-0.05, 0) is 72.3 Å². The minimum Gasteiger partial charge on any atom is -0.497 e. The van der Waals surface area contributed by atoms with Crippen molar-refractivity contribution in [3.05, 3.63) is 89.0 Å². The van der Waals surface area contributed by atoms with Crippen LogP contribution >= 0.6 is 11.6 Å². The lowest BCUT2D eigenvalue weighted by atomic mass is 10.1. The Morgan fingerprint density at radius 3 is 2.06 bits per heavy atom. The van der Waals surface area contributed by atoms with Gasteiger partial charge in [-0.3, -0.25) is 14.9 Å². The first-order valence-electron chi connectivity index (χ1n) is 10.0. The second kappa shape index (κ2) is 9.61. The summed E-state index contributed by atoms with van der Waals surface area (Å²) >= 11 is 5.78. The van der Waals surface area contributed by atoms with Gasteiger partial charge in [-0.15, -0.1) is 0 Å². The molecule has 0 bridgehead atoms. The van der Waals surface area contributed by atoms with Crippen molar-refractivity contribution in [2.24, 2.45) is 0 Å². The summed E-state index contributed by atoms with van der Waals surface area (Å²) in [5, 5.41) is 2.52. The number of ether oxygens (including phenoxy) is 1. The van der Waals surface area contributed by atoms with Gasteiger partial charge in [-0.2, -0.15) is 8.42 Å². The Hall–Kier alpha value is -4.15. The zero-order chi connectivity index (χ0) is 25.2. The van der Waals surface area contributed by atoms with Crippen molar-refractivity contribution in [1.82, 2.24) is 5.32 Å². The highest BCUT2D eigenvalue weighted by atomic mass is 35.5. The fourth-order valence-electron chi connectivity index (χ4n) is 3.19. The summed E-state index contributed by atoms with van der Waals surface area (Å²) in [7, 11) is -2.60. The van der Waals surface area contributed by atoms with E-state index in [0.717, 1.165) is 4.90 Å². The molecule has 1 aliphatic heterocycles. The maximum atomic E-state index is 13.0. The molecule has 0 aromatic heterocycles. The van der Waals surface area contributed by atoms with E-state index in [0.29, 0.717) is 16.3 Å². The van der Waals surface area contributed by atoms with Crippen molar-refractivity contribution in [3.8, 4) is 11.5 Å². The number of amides is 4. The Kier molecular flexibility index (Phi) is 6.59. The van der Waals surface area contributed by atoms with E-state index in [1.165, 1.54) is 73.8 Å². The van der Waals surface area contributed by atoms with Gasteiger partial charge in [0.2, 0.25) is 0 Å². The van der Waals surface area contributed by atoms with Gasteiger partial charge in [0.25, 0.3) is 11.8 Å². The molecule has 0 saturated carbocycles. The molecule has 0 radical (unpaired) electrons. The number of benzene rings is 3. The smallest absolute Gasteiger partial charge is 0.339 e. The first-order chi connectivity index (χ1) is 16.7. The van der Waals surface area contributed by atoms with E-state index in [4.69, 9.17) is 20.5 Å². The van der Waals surface area contributed by atoms with Crippen molar-refractivity contribution >= 4 is 51.3 Å². The van der Waals surface area contributed by atoms with Crippen molar-refractivity contribution in [3.63, 3.8) is 0 Å². The first kappa shape index (κ1) is 24.0. The third-order valence-corrected chi connectivity index (χ3v) is 6.45. The molecule has 1 saturated heterocycles. The number of rotatable bonds is 6. The van der Waals surface area contributed by atoms with E-state index in [-0.39, 0.29) is 21.9 Å². The lowest BCUT2D eigenvalue weighted by Crippen LogP contribution is -2.54. The summed E-state index contributed by atoms with van der Waals surface area (Å²) in [5.41, 5.74) is 0.384. The van der Waals surface area contributed by atoms with Crippen LogP contribution in [-0.4, -0.2) is 33.4 Å². The fourth-order valence-corrected chi connectivity index (χ4v) is 4.24. The van der Waals surface area contributed by atoms with Gasteiger partial charge in [0, 0.05) is 5.02 Å². The summed E-state index contributed by atoms with van der Waals surface area (Å²) in [6.45, 7) is 0. The molecule has 3 aromatic carbocycles. The zero-order valence-electron chi connectivity index (χ0n) is 18.1. The third kappa shape index (κ3) is 5.18. The van der Waals surface area contributed by atoms with Crippen LogP contribution in [0.25, 0.3) is 6.08 Å². The van der Waals surface area contributed by atoms with Crippen molar-refractivity contribution < 1.29 is 31.7 Å². The predicted molar refractivity (Wildman–Crippen MR) is 128 cm³/mol. The van der Waals surface area contributed by atoms with Crippen molar-refractivity contribution in [2.45, 2.75) is 4.90 Å². The van der Waals surface area contributed by atoms with Gasteiger partial charge >= 0.3 is 16.1 Å². The molecular weight excluding hydrogens is 496 g/mol. The van der Waals surface area contributed by atoms with Crippen LogP contribution in [0.4, 0.5) is 10.5 Å². The lowest BCUT2D eigenvalue weighted by Gasteiger charge is -2.26. The zero-order valence-corrected chi connectivity index (χ0v) is 19.7. The molecule has 0 atom stereocenters. The molecule has 11 heteroatoms. The number of methoxy groups -OCH3 is 1. The highest BCUT2D eigenvalue weighted by molar-refractivity contribution is 7.87. The normalized spacial score (nSPS) is 15.2. The summed E-state index contributed by atoms with van der Waals surface area (Å²) in [5.74, 6) is -1.10. The van der Waals surface area contributed by atoms with E-state index in [2.05, 4.69) is 5.32 Å². The lowest BCUT2D eigenvalue weighted by molar-refractivity contribution is -0.122. The van der Waals surface area contributed by atoms with E-state index in [1.54, 1.807) is 12.1 Å². The molecule has 0 unspecified atom stereocenters. The second-order valence-electron chi connectivity index (χ2n) is 7.22. The fraction of sp³-hybridized carbons (Fsp3) is 0.0417. The van der Waals surface area contributed by atoms with Crippen LogP contribution in [0.15, 0.2) is 83.3 Å². The van der Waals surface area contributed by atoms with Crippen LogP contribution in [-0.2, 0) is 19.7 Å². The molecule has 0 aliphatic carbocycles. The van der Waals surface area contributed by atoms with Crippen molar-refractivity contribution in [1.29, 1.82) is 0 Å². The number of barbiturate groups is 1. The molecule has 178 valence electrons. The molecule has 1 heterocycles. The Bertz CT molecular complexity index is 1430. The number of urea groups is 1. The Labute approximate surface area is 205 Å². The number of carbonyl (C=O) groups excluding carboxylic acids is 3. The second-order valence-corrected chi connectivity index (χ2v) is 9.20. The van der Waals surface area contributed by atoms with E-state index < -0.39 is 28.0 Å². The summed E-state index contributed by atoms with van der Waals surface area (Å²) in [4.78, 5) is 38.4. The molecule has 1 N–H and O–H groups in total. The van der Waals surface area contributed by atoms with Crippen LogP contribution in [0.3, 0.4) is 0 Å². The average Bonchev–Trinajstić information content (AvgIpc) is 2.83. The van der Waals surface area contributed by atoms with Crippen LogP contribution < -0.4 is 19.1 Å². The molecule has 1 fully saturated rings. The number of nitrogens with one attached hydrogen (secondary N) is 1. The Balaban J connectivity index is 1.56. The van der Waals surface area contributed by atoms with E-state index in [1.807, 2.05) is 0 Å². The molecular formula is C24H17ClN2O7S. The van der Waals surface area contributed by atoms with Gasteiger partial charge in [-0.25, -0.2) is 9.69 Å². The van der Waals surface area contributed by atoms with Gasteiger partial charge in [-0.1, -0.05) is 23.7 Å². The van der Waals surface area contributed by atoms with Crippen LogP contribution in [0.5, 0.6) is 11.5 Å². The van der Waals surface area contributed by atoms with E-state index >= 15 is 0 Å². The highest BCUT2D eigenvalue weighted by Crippen LogP contribution is 2.25. The maximum absolute atomic E-state index is 13.0. The number of imide groups is 2. The summed E-state index contributed by atoms with van der Waals surface area (Å²) < 4.78 is 35.0. The summed E-state index contributed by atoms with van der Waals surface area (Å²) in [6, 6.07) is 16.5. The molecule has 9 nitrogen and oxygen atoms in total. The number of hydrogen-bond acceptors (Lipinski definition) is 7. The van der Waals surface area contributed by atoms with Crippen molar-refractivity contribution in [2.75, 3.05) is 12.0 Å². The van der Waals surface area contributed by atoms with Crippen LogP contribution in [0.2, 0.25) is 5.02 Å². The van der Waals surface area contributed by atoms with E-state index in [9.17, 15) is 22.8 Å². The maximum Gasteiger partial charge on any atom is 0.339 e. The van der Waals surface area contributed by atoms with Gasteiger partial charge in [0.15, 0.2) is 0 Å². The van der Waals surface area contributed by atoms with Gasteiger partial charge in [0.1, 0.15) is 22.0 Å². The Morgan fingerprint density at radius 1 is 0.857 bits per heavy atom. The monoisotopic (exact) mass is 512 g/mol. The molecule has 3 aromatic rings. The standard InChI is InChI=1S/C24H17ClN2O7S/c1-33-18-10-6-17(7-11-18)27-23(29)21(22(28)26-24(27)30)14-15-2-8-19(9-3-15)34-35(31,32)20-12-4-16(25)5-13-20/h2-14H,1H3,(H,26,28,30)/b21-14+.